The van der Waals surface area contributed by atoms with Crippen molar-refractivity contribution >= 4 is 17.0 Å². The molecule has 0 bridgehead atoms. The van der Waals surface area contributed by atoms with Gasteiger partial charge in [0.15, 0.2) is 6.61 Å². The van der Waals surface area contributed by atoms with E-state index in [9.17, 15) is 13.6 Å². The number of rotatable bonds is 4. The van der Waals surface area contributed by atoms with Gasteiger partial charge in [0.05, 0.1) is 7.11 Å². The molecule has 7 heteroatoms. The molecule has 0 aliphatic heterocycles. The van der Waals surface area contributed by atoms with E-state index in [1.165, 1.54) is 31.4 Å². The van der Waals surface area contributed by atoms with Gasteiger partial charge in [-0.3, -0.25) is 4.21 Å². The number of esters is 1. The van der Waals surface area contributed by atoms with E-state index in [2.05, 4.69) is 4.74 Å². The standard InChI is InChI=1S/C9H10O5S.Na/c1-13-9(10)6-14-7-2-4-8(5-3-7)15(11)12;/h2-5H,6H2,1H3,(H,11,12);/q;+1/p-1. The van der Waals surface area contributed by atoms with Gasteiger partial charge in [0.1, 0.15) is 5.75 Å². The van der Waals surface area contributed by atoms with Crippen LogP contribution in [0.5, 0.6) is 5.75 Å². The number of ether oxygens (including phenoxy) is 2. The quantitative estimate of drug-likeness (QED) is 0.336. The number of carbonyl (C=O) groups is 1. The summed E-state index contributed by atoms with van der Waals surface area (Å²) in [7, 11) is 1.26. The van der Waals surface area contributed by atoms with Gasteiger partial charge in [-0.15, -0.1) is 0 Å². The van der Waals surface area contributed by atoms with Crippen LogP contribution in [0.25, 0.3) is 0 Å². The molecule has 0 saturated carbocycles. The maximum absolute atomic E-state index is 10.7. The third kappa shape index (κ3) is 5.09. The zero-order valence-corrected chi connectivity index (χ0v) is 11.8. The first-order valence-corrected chi connectivity index (χ1v) is 5.10. The Balaban J connectivity index is 0.00000225. The maximum atomic E-state index is 10.7. The van der Waals surface area contributed by atoms with Crippen molar-refractivity contribution in [2.45, 2.75) is 4.90 Å². The van der Waals surface area contributed by atoms with Gasteiger partial charge in [-0.1, -0.05) is 0 Å². The van der Waals surface area contributed by atoms with Crippen LogP contribution in [0.2, 0.25) is 0 Å². The van der Waals surface area contributed by atoms with Gasteiger partial charge >= 0.3 is 35.5 Å². The van der Waals surface area contributed by atoms with E-state index in [0.29, 0.717) is 5.75 Å². The molecule has 0 saturated heterocycles. The molecule has 16 heavy (non-hydrogen) atoms. The number of benzene rings is 1. The van der Waals surface area contributed by atoms with Crippen LogP contribution in [0.4, 0.5) is 0 Å². The number of hydrogen-bond donors (Lipinski definition) is 0. The molecule has 0 fully saturated rings. The average molecular weight is 252 g/mol. The summed E-state index contributed by atoms with van der Waals surface area (Å²) in [6, 6.07) is 5.70. The Labute approximate surface area is 118 Å². The smallest absolute Gasteiger partial charge is 0.768 e. The molecular weight excluding hydrogens is 243 g/mol. The summed E-state index contributed by atoms with van der Waals surface area (Å²) in [5.41, 5.74) is 0. The molecule has 1 aromatic carbocycles. The maximum Gasteiger partial charge on any atom is 1.00 e. The van der Waals surface area contributed by atoms with Crippen molar-refractivity contribution in [3.05, 3.63) is 24.3 Å². The Morgan fingerprint density at radius 3 is 2.38 bits per heavy atom. The molecule has 0 spiro atoms. The molecule has 0 aliphatic rings. The molecular formula is C9H9NaO5S. The Morgan fingerprint density at radius 1 is 1.38 bits per heavy atom. The zero-order chi connectivity index (χ0) is 11.3. The fourth-order valence-corrected chi connectivity index (χ4v) is 1.21. The van der Waals surface area contributed by atoms with Gasteiger partial charge < -0.3 is 14.0 Å². The average Bonchev–Trinajstić information content (AvgIpc) is 2.26. The molecule has 0 amide bonds. The van der Waals surface area contributed by atoms with Crippen LogP contribution < -0.4 is 34.3 Å². The molecule has 0 aromatic heterocycles. The van der Waals surface area contributed by atoms with Crippen molar-refractivity contribution < 1.29 is 52.6 Å². The molecule has 1 aromatic rings. The minimum Gasteiger partial charge on any atom is -0.768 e. The summed E-state index contributed by atoms with van der Waals surface area (Å²) in [6.07, 6.45) is 0. The van der Waals surface area contributed by atoms with E-state index >= 15 is 0 Å². The van der Waals surface area contributed by atoms with E-state index in [1.807, 2.05) is 0 Å². The summed E-state index contributed by atoms with van der Waals surface area (Å²) in [4.78, 5) is 10.9. The molecule has 1 rings (SSSR count). The van der Waals surface area contributed by atoms with Crippen molar-refractivity contribution in [2.24, 2.45) is 0 Å². The van der Waals surface area contributed by atoms with E-state index in [4.69, 9.17) is 4.74 Å². The molecule has 0 aliphatic carbocycles. The van der Waals surface area contributed by atoms with E-state index in [-0.39, 0.29) is 41.1 Å². The zero-order valence-electron chi connectivity index (χ0n) is 8.97. The van der Waals surface area contributed by atoms with Gasteiger partial charge in [-0.25, -0.2) is 4.79 Å². The van der Waals surface area contributed by atoms with Gasteiger partial charge in [0.2, 0.25) is 0 Å². The SMILES string of the molecule is COC(=O)COc1ccc(S(=O)[O-])cc1.[Na+]. The molecule has 0 N–H and O–H groups in total. The summed E-state index contributed by atoms with van der Waals surface area (Å²) < 4.78 is 30.4. The van der Waals surface area contributed by atoms with Crippen molar-refractivity contribution in [1.82, 2.24) is 0 Å². The van der Waals surface area contributed by atoms with Crippen molar-refractivity contribution in [1.29, 1.82) is 0 Å². The van der Waals surface area contributed by atoms with Gasteiger partial charge in [0, 0.05) is 4.90 Å². The Kier molecular flexibility index (Phi) is 7.61. The van der Waals surface area contributed by atoms with Crippen LogP contribution >= 0.6 is 0 Å². The minimum atomic E-state index is -2.25. The number of carbonyl (C=O) groups excluding carboxylic acids is 1. The monoisotopic (exact) mass is 252 g/mol. The second kappa shape index (κ2) is 7.81. The molecule has 5 nitrogen and oxygen atoms in total. The predicted molar refractivity (Wildman–Crippen MR) is 51.1 cm³/mol. The van der Waals surface area contributed by atoms with Crippen LogP contribution in [0, 0.1) is 0 Å². The molecule has 1 atom stereocenters. The molecule has 0 radical (unpaired) electrons. The van der Waals surface area contributed by atoms with Crippen LogP contribution in [0.3, 0.4) is 0 Å². The molecule has 1 unspecified atom stereocenters. The summed E-state index contributed by atoms with van der Waals surface area (Å²) in [5, 5.41) is 0. The summed E-state index contributed by atoms with van der Waals surface area (Å²) in [6.45, 7) is -0.198. The van der Waals surface area contributed by atoms with Crippen LogP contribution in [0.1, 0.15) is 0 Å². The predicted octanol–water partition coefficient (Wildman–Crippen LogP) is -2.52. The van der Waals surface area contributed by atoms with Crippen molar-refractivity contribution in [3.63, 3.8) is 0 Å². The fraction of sp³-hybridized carbons (Fsp3) is 0.222. The third-order valence-corrected chi connectivity index (χ3v) is 2.26. The molecule has 82 valence electrons. The Morgan fingerprint density at radius 2 is 1.94 bits per heavy atom. The van der Waals surface area contributed by atoms with E-state index in [1.54, 1.807) is 0 Å². The minimum absolute atomic E-state index is 0. The Bertz CT molecular complexity index is 365. The van der Waals surface area contributed by atoms with Crippen molar-refractivity contribution in [3.8, 4) is 5.75 Å². The van der Waals surface area contributed by atoms with Crippen LogP contribution in [-0.2, 0) is 20.6 Å². The first-order valence-electron chi connectivity index (χ1n) is 4.02. The largest absolute Gasteiger partial charge is 1.00 e. The van der Waals surface area contributed by atoms with Gasteiger partial charge in [0.25, 0.3) is 0 Å². The number of methoxy groups -OCH3 is 1. The topological polar surface area (TPSA) is 75.7 Å². The first-order chi connectivity index (χ1) is 7.13. The van der Waals surface area contributed by atoms with Crippen LogP contribution in [-0.4, -0.2) is 28.4 Å². The van der Waals surface area contributed by atoms with Crippen molar-refractivity contribution in [2.75, 3.05) is 13.7 Å². The van der Waals surface area contributed by atoms with E-state index < -0.39 is 17.0 Å². The number of hydrogen-bond acceptors (Lipinski definition) is 5. The second-order valence-electron chi connectivity index (χ2n) is 2.57. The Hall–Kier alpha value is -0.400. The third-order valence-electron chi connectivity index (χ3n) is 1.60. The van der Waals surface area contributed by atoms with Gasteiger partial charge in [-0.05, 0) is 35.3 Å². The summed E-state index contributed by atoms with van der Waals surface area (Å²) in [5.74, 6) is -0.0823. The van der Waals surface area contributed by atoms with Crippen LogP contribution in [0.15, 0.2) is 29.2 Å². The van der Waals surface area contributed by atoms with E-state index in [0.717, 1.165) is 0 Å². The normalized spacial score (nSPS) is 11.1. The molecule has 0 heterocycles. The second-order valence-corrected chi connectivity index (χ2v) is 3.51. The fourth-order valence-electron chi connectivity index (χ4n) is 0.848. The first kappa shape index (κ1) is 15.6. The summed E-state index contributed by atoms with van der Waals surface area (Å²) >= 11 is -2.25. The van der Waals surface area contributed by atoms with Gasteiger partial charge in [-0.2, -0.15) is 0 Å².